The number of piperidine rings is 1. The molecule has 2 aromatic carbocycles. The van der Waals surface area contributed by atoms with Crippen molar-refractivity contribution in [2.24, 2.45) is 11.8 Å². The van der Waals surface area contributed by atoms with E-state index >= 15 is 0 Å². The Balaban J connectivity index is 1.19. The predicted molar refractivity (Wildman–Crippen MR) is 123 cm³/mol. The summed E-state index contributed by atoms with van der Waals surface area (Å²) in [6, 6.07) is 9.99. The number of nitrogens with zero attached hydrogens (tertiary/aromatic N) is 2. The molecule has 33 heavy (non-hydrogen) atoms. The second-order valence-corrected chi connectivity index (χ2v) is 9.40. The van der Waals surface area contributed by atoms with E-state index in [2.05, 4.69) is 4.98 Å². The van der Waals surface area contributed by atoms with Gasteiger partial charge >= 0.3 is 11.8 Å². The Morgan fingerprint density at radius 3 is 2.55 bits per heavy atom. The number of carbonyl (C=O) groups excluding carboxylic acids is 2. The van der Waals surface area contributed by atoms with Crippen LogP contribution < -0.4 is 5.76 Å². The average molecular weight is 490 g/mol. The van der Waals surface area contributed by atoms with Crippen molar-refractivity contribution >= 4 is 46.3 Å². The third-order valence-corrected chi connectivity index (χ3v) is 6.74. The van der Waals surface area contributed by atoms with Crippen LogP contribution in [0.15, 0.2) is 45.6 Å². The van der Waals surface area contributed by atoms with E-state index in [1.807, 2.05) is 4.90 Å². The van der Waals surface area contributed by atoms with Gasteiger partial charge in [0.25, 0.3) is 5.91 Å². The summed E-state index contributed by atoms with van der Waals surface area (Å²) in [6.45, 7) is 2.41. The largest absolute Gasteiger partial charge is 0.445 e. The quantitative estimate of drug-likeness (QED) is 0.595. The molecule has 0 aliphatic carbocycles. The third-order valence-electron chi connectivity index (χ3n) is 6.30. The van der Waals surface area contributed by atoms with Gasteiger partial charge in [-0.2, -0.15) is 0 Å². The number of benzene rings is 2. The Bertz CT molecular complexity index is 1270. The normalized spacial score (nSPS) is 20.2. The van der Waals surface area contributed by atoms with E-state index in [0.29, 0.717) is 58.8 Å². The van der Waals surface area contributed by atoms with Gasteiger partial charge in [0.05, 0.1) is 5.52 Å². The molecule has 2 saturated heterocycles. The molecule has 5 rings (SSSR count). The van der Waals surface area contributed by atoms with Gasteiger partial charge in [-0.3, -0.25) is 9.78 Å². The molecular formula is C23H21Cl2N3O5. The highest BCUT2D eigenvalue weighted by atomic mass is 35.5. The zero-order valence-corrected chi connectivity index (χ0v) is 19.1. The number of ether oxygens (including phenoxy) is 1. The number of hydrogen-bond acceptors (Lipinski definition) is 5. The Morgan fingerprint density at radius 1 is 1.03 bits per heavy atom. The number of likely N-dealkylation sites (tertiary alicyclic amines) is 2. The van der Waals surface area contributed by atoms with Crippen LogP contribution in [-0.4, -0.2) is 53.0 Å². The summed E-state index contributed by atoms with van der Waals surface area (Å²) in [5, 5.41) is 0.978. The Labute approximate surface area is 199 Å². The van der Waals surface area contributed by atoms with Crippen molar-refractivity contribution in [3.05, 3.63) is 68.1 Å². The lowest BCUT2D eigenvalue weighted by Gasteiger charge is -2.33. The smallest absolute Gasteiger partial charge is 0.417 e. The van der Waals surface area contributed by atoms with Gasteiger partial charge in [-0.1, -0.05) is 23.2 Å². The second kappa shape index (κ2) is 8.76. The average Bonchev–Trinajstić information content (AvgIpc) is 3.37. The van der Waals surface area contributed by atoms with Crippen molar-refractivity contribution in [3.8, 4) is 0 Å². The summed E-state index contributed by atoms with van der Waals surface area (Å²) < 4.78 is 10.5. The van der Waals surface area contributed by atoms with E-state index < -0.39 is 5.76 Å². The van der Waals surface area contributed by atoms with Crippen LogP contribution in [0.2, 0.25) is 10.0 Å². The summed E-state index contributed by atoms with van der Waals surface area (Å²) in [5.74, 6) is -0.141. The maximum atomic E-state index is 13.0. The number of carbonyl (C=O) groups is 2. The minimum atomic E-state index is -0.549. The molecule has 1 aromatic heterocycles. The SMILES string of the molecule is O=C(OCc1cc(Cl)cc(Cl)c1)N1CC[C@@H]2CN(C(=O)c3ccc4[nH]c(=O)oc4c3)C[C@@H]2C1. The van der Waals surface area contributed by atoms with Crippen molar-refractivity contribution in [3.63, 3.8) is 0 Å². The standard InChI is InChI=1S/C23H21Cl2N3O5/c24-17-5-13(6-18(25)8-17)12-32-23(31)27-4-3-15-9-28(11-16(15)10-27)21(29)14-1-2-19-20(7-14)33-22(30)26-19/h1-2,5-8,15-16H,3-4,9-12H2,(H,26,30)/t15-,16+/m1/s1. The number of fused-ring (bicyclic) bond motifs is 2. The maximum absolute atomic E-state index is 13.0. The molecule has 2 aliphatic rings. The molecule has 0 saturated carbocycles. The monoisotopic (exact) mass is 489 g/mol. The lowest BCUT2D eigenvalue weighted by atomic mass is 9.89. The molecule has 0 unspecified atom stereocenters. The number of halogens is 2. The molecule has 0 radical (unpaired) electrons. The number of H-pyrrole nitrogens is 1. The summed E-state index contributed by atoms with van der Waals surface area (Å²) in [6.07, 6.45) is 0.417. The van der Waals surface area contributed by atoms with E-state index in [1.54, 1.807) is 41.3 Å². The van der Waals surface area contributed by atoms with Crippen molar-refractivity contribution in [2.75, 3.05) is 26.2 Å². The molecule has 10 heteroatoms. The van der Waals surface area contributed by atoms with Gasteiger partial charge in [0.1, 0.15) is 6.61 Å². The summed E-state index contributed by atoms with van der Waals surface area (Å²) in [5.41, 5.74) is 2.11. The minimum Gasteiger partial charge on any atom is -0.445 e. The maximum Gasteiger partial charge on any atom is 0.417 e. The first-order valence-electron chi connectivity index (χ1n) is 10.6. The lowest BCUT2D eigenvalue weighted by molar-refractivity contribution is 0.0729. The molecule has 3 heterocycles. The fraction of sp³-hybridized carbons (Fsp3) is 0.348. The number of aromatic nitrogens is 1. The van der Waals surface area contributed by atoms with Crippen LogP contribution >= 0.6 is 23.2 Å². The molecule has 2 atom stereocenters. The minimum absolute atomic E-state index is 0.0894. The van der Waals surface area contributed by atoms with E-state index in [-0.39, 0.29) is 24.5 Å². The van der Waals surface area contributed by atoms with Crippen LogP contribution in [-0.2, 0) is 11.3 Å². The summed E-state index contributed by atoms with van der Waals surface area (Å²) in [7, 11) is 0. The molecule has 2 aliphatic heterocycles. The van der Waals surface area contributed by atoms with Crippen molar-refractivity contribution < 1.29 is 18.7 Å². The highest BCUT2D eigenvalue weighted by molar-refractivity contribution is 6.34. The summed E-state index contributed by atoms with van der Waals surface area (Å²) in [4.78, 5) is 43.1. The van der Waals surface area contributed by atoms with Gasteiger partial charge in [0.15, 0.2) is 5.58 Å². The van der Waals surface area contributed by atoms with E-state index in [4.69, 9.17) is 32.4 Å². The van der Waals surface area contributed by atoms with Gasteiger partial charge in [-0.15, -0.1) is 0 Å². The number of amides is 2. The molecule has 1 N–H and O–H groups in total. The fourth-order valence-electron chi connectivity index (χ4n) is 4.69. The molecule has 172 valence electrons. The highest BCUT2D eigenvalue weighted by Crippen LogP contribution is 2.32. The number of rotatable bonds is 3. The van der Waals surface area contributed by atoms with Crippen molar-refractivity contribution in [1.29, 1.82) is 0 Å². The molecule has 8 nitrogen and oxygen atoms in total. The van der Waals surface area contributed by atoms with Crippen molar-refractivity contribution in [2.45, 2.75) is 13.0 Å². The van der Waals surface area contributed by atoms with Crippen LogP contribution in [0.5, 0.6) is 0 Å². The zero-order valence-electron chi connectivity index (χ0n) is 17.6. The molecule has 0 spiro atoms. The van der Waals surface area contributed by atoms with Crippen LogP contribution in [0.4, 0.5) is 4.79 Å². The van der Waals surface area contributed by atoms with Crippen LogP contribution in [0, 0.1) is 11.8 Å². The van der Waals surface area contributed by atoms with Crippen molar-refractivity contribution in [1.82, 2.24) is 14.8 Å². The number of aromatic amines is 1. The first-order chi connectivity index (χ1) is 15.9. The van der Waals surface area contributed by atoms with Gasteiger partial charge in [0.2, 0.25) is 0 Å². The second-order valence-electron chi connectivity index (χ2n) is 8.52. The van der Waals surface area contributed by atoms with Gasteiger partial charge in [0, 0.05) is 41.8 Å². The predicted octanol–water partition coefficient (Wildman–Crippen LogP) is 4.16. The topological polar surface area (TPSA) is 95.9 Å². The molecule has 3 aromatic rings. The van der Waals surface area contributed by atoms with Crippen LogP contribution in [0.1, 0.15) is 22.3 Å². The molecular weight excluding hydrogens is 469 g/mol. The number of nitrogens with one attached hydrogen (secondary N) is 1. The fourth-order valence-corrected chi connectivity index (χ4v) is 5.26. The molecule has 2 amide bonds. The Hall–Kier alpha value is -2.97. The van der Waals surface area contributed by atoms with Crippen LogP contribution in [0.3, 0.4) is 0 Å². The van der Waals surface area contributed by atoms with E-state index in [9.17, 15) is 14.4 Å². The van der Waals surface area contributed by atoms with Gasteiger partial charge < -0.3 is 19.0 Å². The molecule has 0 bridgehead atoms. The van der Waals surface area contributed by atoms with E-state index in [1.165, 1.54) is 0 Å². The number of oxazole rings is 1. The van der Waals surface area contributed by atoms with Crippen LogP contribution in [0.25, 0.3) is 11.1 Å². The van der Waals surface area contributed by atoms with Gasteiger partial charge in [-0.25, -0.2) is 9.59 Å². The van der Waals surface area contributed by atoms with Gasteiger partial charge in [-0.05, 0) is 60.2 Å². The lowest BCUT2D eigenvalue weighted by Crippen LogP contribution is -2.43. The van der Waals surface area contributed by atoms with E-state index in [0.717, 1.165) is 12.0 Å². The highest BCUT2D eigenvalue weighted by Gasteiger charge is 2.40. The first kappa shape index (κ1) is 21.9. The Morgan fingerprint density at radius 2 is 1.76 bits per heavy atom. The first-order valence-corrected chi connectivity index (χ1v) is 11.4. The molecule has 2 fully saturated rings. The third kappa shape index (κ3) is 4.58. The number of hydrogen-bond donors (Lipinski definition) is 1. The summed E-state index contributed by atoms with van der Waals surface area (Å²) >= 11 is 12.0. The Kier molecular flexibility index (Phi) is 5.80. The zero-order chi connectivity index (χ0) is 23.1.